The molecule has 0 bridgehead atoms. The number of rotatable bonds is 1. The summed E-state index contributed by atoms with van der Waals surface area (Å²) in [6, 6.07) is -0.442. The minimum Gasteiger partial charge on any atom is -0.480 e. The highest BCUT2D eigenvalue weighted by Gasteiger charge is 2.44. The quantitative estimate of drug-likeness (QED) is 0.764. The second-order valence-corrected chi connectivity index (χ2v) is 6.82. The summed E-state index contributed by atoms with van der Waals surface area (Å²) in [5.74, 6) is -0.781. The first kappa shape index (κ1) is 15.1. The summed E-state index contributed by atoms with van der Waals surface area (Å²) in [6.07, 6.45) is 2.83. The molecule has 1 atom stereocenters. The first-order valence-electron chi connectivity index (χ1n) is 7.19. The summed E-state index contributed by atoms with van der Waals surface area (Å²) in [7, 11) is 0. The number of ether oxygens (including phenoxy) is 1. The first-order chi connectivity index (χ1) is 9.21. The fourth-order valence-electron chi connectivity index (χ4n) is 2.96. The maximum absolute atomic E-state index is 12.0. The van der Waals surface area contributed by atoms with E-state index in [1.807, 2.05) is 20.8 Å². The van der Waals surface area contributed by atoms with Gasteiger partial charge in [-0.25, -0.2) is 4.79 Å². The highest BCUT2D eigenvalue weighted by Crippen LogP contribution is 2.33. The van der Waals surface area contributed by atoms with Gasteiger partial charge in [0.15, 0.2) is 0 Å². The number of amides is 1. The molecule has 2 aliphatic heterocycles. The zero-order chi connectivity index (χ0) is 15.0. The fourth-order valence-corrected chi connectivity index (χ4v) is 2.96. The number of nitrogens with one attached hydrogen (secondary N) is 1. The Kier molecular flexibility index (Phi) is 3.95. The predicted molar refractivity (Wildman–Crippen MR) is 73.6 cm³/mol. The number of nitrogens with zero attached hydrogens (tertiary/aromatic N) is 1. The number of hydrogen-bond donors (Lipinski definition) is 2. The van der Waals surface area contributed by atoms with Crippen LogP contribution in [-0.2, 0) is 9.53 Å². The molecular weight excluding hydrogens is 260 g/mol. The zero-order valence-corrected chi connectivity index (χ0v) is 12.4. The van der Waals surface area contributed by atoms with Gasteiger partial charge in [-0.3, -0.25) is 10.1 Å². The fraction of sp³-hybridized carbons (Fsp3) is 0.857. The van der Waals surface area contributed by atoms with Crippen LogP contribution < -0.4 is 5.32 Å². The summed E-state index contributed by atoms with van der Waals surface area (Å²) in [4.78, 5) is 24.7. The van der Waals surface area contributed by atoms with Crippen molar-refractivity contribution in [2.45, 2.75) is 63.6 Å². The molecule has 20 heavy (non-hydrogen) atoms. The van der Waals surface area contributed by atoms with Gasteiger partial charge in [-0.15, -0.1) is 0 Å². The Labute approximate surface area is 119 Å². The van der Waals surface area contributed by atoms with Crippen molar-refractivity contribution in [1.82, 2.24) is 10.2 Å². The molecule has 2 N–H and O–H groups in total. The number of carboxylic acid groups (broad SMARTS) is 1. The maximum atomic E-state index is 12.0. The van der Waals surface area contributed by atoms with E-state index < -0.39 is 17.6 Å². The van der Waals surface area contributed by atoms with Crippen LogP contribution in [0, 0.1) is 0 Å². The minimum atomic E-state index is -0.781. The Balaban J connectivity index is 1.87. The SMILES string of the molecule is CC(C)(C)OC(=O)N1CCC2(CCC(C(=O)O)N2)CC1. The van der Waals surface area contributed by atoms with Crippen molar-refractivity contribution < 1.29 is 19.4 Å². The molecule has 0 aliphatic carbocycles. The van der Waals surface area contributed by atoms with Crippen LogP contribution in [0.1, 0.15) is 46.5 Å². The van der Waals surface area contributed by atoms with Gasteiger partial charge >= 0.3 is 12.1 Å². The molecule has 0 aromatic rings. The van der Waals surface area contributed by atoms with E-state index in [2.05, 4.69) is 5.32 Å². The largest absolute Gasteiger partial charge is 0.480 e. The van der Waals surface area contributed by atoms with Gasteiger partial charge in [-0.05, 0) is 46.5 Å². The summed E-state index contributed by atoms with van der Waals surface area (Å²) >= 11 is 0. The van der Waals surface area contributed by atoms with Gasteiger partial charge in [0.2, 0.25) is 0 Å². The van der Waals surface area contributed by atoms with Crippen molar-refractivity contribution in [2.75, 3.05) is 13.1 Å². The Morgan fingerprint density at radius 1 is 1.25 bits per heavy atom. The van der Waals surface area contributed by atoms with E-state index in [1.165, 1.54) is 0 Å². The van der Waals surface area contributed by atoms with Crippen LogP contribution in [0.15, 0.2) is 0 Å². The summed E-state index contributed by atoms with van der Waals surface area (Å²) in [5.41, 5.74) is -0.589. The zero-order valence-electron chi connectivity index (χ0n) is 12.4. The number of carbonyl (C=O) groups is 2. The van der Waals surface area contributed by atoms with Gasteiger partial charge in [0, 0.05) is 18.6 Å². The second-order valence-electron chi connectivity index (χ2n) is 6.82. The molecule has 2 fully saturated rings. The van der Waals surface area contributed by atoms with Gasteiger partial charge in [0.05, 0.1) is 0 Å². The molecule has 0 aromatic carbocycles. The Hall–Kier alpha value is -1.30. The molecule has 1 amide bonds. The average Bonchev–Trinajstić information content (AvgIpc) is 2.72. The summed E-state index contributed by atoms with van der Waals surface area (Å²) in [6.45, 7) is 6.80. The van der Waals surface area contributed by atoms with E-state index in [9.17, 15) is 9.59 Å². The molecule has 114 valence electrons. The molecule has 2 rings (SSSR count). The lowest BCUT2D eigenvalue weighted by Gasteiger charge is -2.40. The molecule has 1 spiro atoms. The molecule has 2 aliphatic rings. The van der Waals surface area contributed by atoms with E-state index >= 15 is 0 Å². The van der Waals surface area contributed by atoms with Crippen LogP contribution in [-0.4, -0.2) is 52.3 Å². The molecule has 6 heteroatoms. The average molecular weight is 284 g/mol. The van der Waals surface area contributed by atoms with E-state index in [4.69, 9.17) is 9.84 Å². The molecule has 0 aromatic heterocycles. The highest BCUT2D eigenvalue weighted by atomic mass is 16.6. The van der Waals surface area contributed by atoms with Crippen molar-refractivity contribution in [3.05, 3.63) is 0 Å². The molecule has 0 radical (unpaired) electrons. The third-order valence-corrected chi connectivity index (χ3v) is 4.06. The number of carboxylic acids is 1. The van der Waals surface area contributed by atoms with Crippen molar-refractivity contribution in [3.63, 3.8) is 0 Å². The Morgan fingerprint density at radius 2 is 1.85 bits per heavy atom. The molecule has 1 unspecified atom stereocenters. The molecule has 6 nitrogen and oxygen atoms in total. The van der Waals surface area contributed by atoms with Crippen LogP contribution in [0.4, 0.5) is 4.79 Å². The molecule has 2 saturated heterocycles. The maximum Gasteiger partial charge on any atom is 0.410 e. The van der Waals surface area contributed by atoms with Gasteiger partial charge < -0.3 is 14.7 Å². The van der Waals surface area contributed by atoms with Crippen molar-refractivity contribution in [3.8, 4) is 0 Å². The van der Waals surface area contributed by atoms with Crippen molar-refractivity contribution in [2.24, 2.45) is 0 Å². The van der Waals surface area contributed by atoms with E-state index in [0.717, 1.165) is 19.3 Å². The number of piperidine rings is 1. The van der Waals surface area contributed by atoms with Gasteiger partial charge in [0.25, 0.3) is 0 Å². The highest BCUT2D eigenvalue weighted by molar-refractivity contribution is 5.74. The standard InChI is InChI=1S/C14H24N2O4/c1-13(2,3)20-12(19)16-8-6-14(7-9-16)5-4-10(15-14)11(17)18/h10,15H,4-9H2,1-3H3,(H,17,18). The van der Waals surface area contributed by atoms with Crippen LogP contribution in [0.2, 0.25) is 0 Å². The van der Waals surface area contributed by atoms with Crippen molar-refractivity contribution >= 4 is 12.1 Å². The molecule has 2 heterocycles. The number of hydrogen-bond acceptors (Lipinski definition) is 4. The molecular formula is C14H24N2O4. The van der Waals surface area contributed by atoms with E-state index in [0.29, 0.717) is 19.5 Å². The lowest BCUT2D eigenvalue weighted by atomic mass is 9.86. The third-order valence-electron chi connectivity index (χ3n) is 4.06. The van der Waals surface area contributed by atoms with E-state index in [-0.39, 0.29) is 11.6 Å². The topological polar surface area (TPSA) is 78.9 Å². The first-order valence-corrected chi connectivity index (χ1v) is 7.19. The Bertz CT molecular complexity index is 394. The smallest absolute Gasteiger partial charge is 0.410 e. The third kappa shape index (κ3) is 3.42. The summed E-state index contributed by atoms with van der Waals surface area (Å²) in [5, 5.41) is 12.3. The number of likely N-dealkylation sites (tertiary alicyclic amines) is 1. The van der Waals surface area contributed by atoms with Gasteiger partial charge in [0.1, 0.15) is 11.6 Å². The normalized spacial score (nSPS) is 25.8. The summed E-state index contributed by atoms with van der Waals surface area (Å²) < 4.78 is 5.36. The molecule has 0 saturated carbocycles. The number of aliphatic carboxylic acids is 1. The van der Waals surface area contributed by atoms with Crippen LogP contribution in [0.5, 0.6) is 0 Å². The number of carbonyl (C=O) groups excluding carboxylic acids is 1. The van der Waals surface area contributed by atoms with Gasteiger partial charge in [-0.2, -0.15) is 0 Å². The van der Waals surface area contributed by atoms with Crippen molar-refractivity contribution in [1.29, 1.82) is 0 Å². The predicted octanol–water partition coefficient (Wildman–Crippen LogP) is 1.59. The Morgan fingerprint density at radius 3 is 2.30 bits per heavy atom. The second kappa shape index (κ2) is 5.24. The minimum absolute atomic E-state index is 0.110. The van der Waals surface area contributed by atoms with Crippen LogP contribution in [0.3, 0.4) is 0 Å². The monoisotopic (exact) mass is 284 g/mol. The van der Waals surface area contributed by atoms with Crippen LogP contribution >= 0.6 is 0 Å². The van der Waals surface area contributed by atoms with Crippen LogP contribution in [0.25, 0.3) is 0 Å². The van der Waals surface area contributed by atoms with E-state index in [1.54, 1.807) is 4.90 Å². The lowest BCUT2D eigenvalue weighted by Crippen LogP contribution is -2.54. The van der Waals surface area contributed by atoms with Gasteiger partial charge in [-0.1, -0.05) is 0 Å². The lowest BCUT2D eigenvalue weighted by molar-refractivity contribution is -0.139.